The summed E-state index contributed by atoms with van der Waals surface area (Å²) in [7, 11) is 0. The fourth-order valence-corrected chi connectivity index (χ4v) is 2.99. The van der Waals surface area contributed by atoms with Crippen LogP contribution in [0.25, 0.3) is 0 Å². The van der Waals surface area contributed by atoms with Crippen LogP contribution in [0.5, 0.6) is 0 Å². The van der Waals surface area contributed by atoms with Gasteiger partial charge in [-0.2, -0.15) is 0 Å². The first-order chi connectivity index (χ1) is 10.3. The molecule has 1 aromatic carbocycles. The smallest absolute Gasteiger partial charge is 0.227 e. The molecule has 1 saturated carbocycles. The summed E-state index contributed by atoms with van der Waals surface area (Å²) in [5.74, 6) is 0.0351. The highest BCUT2D eigenvalue weighted by Crippen LogP contribution is 2.17. The summed E-state index contributed by atoms with van der Waals surface area (Å²) in [6, 6.07) is 10.6. The third-order valence-electron chi connectivity index (χ3n) is 4.41. The monoisotopic (exact) mass is 288 g/mol. The maximum atomic E-state index is 12.1. The second kappa shape index (κ2) is 8.83. The van der Waals surface area contributed by atoms with Crippen molar-refractivity contribution >= 4 is 5.91 Å². The predicted molar refractivity (Wildman–Crippen MR) is 87.4 cm³/mol. The molecular formula is C18H28N2O. The largest absolute Gasteiger partial charge is 0.354 e. The minimum absolute atomic E-state index is 0.0796. The lowest BCUT2D eigenvalue weighted by Crippen LogP contribution is -2.38. The molecule has 3 heteroatoms. The number of hydrogen-bond donors (Lipinski definition) is 2. The summed E-state index contributed by atoms with van der Waals surface area (Å²) in [6.07, 6.45) is 8.01. The van der Waals surface area contributed by atoms with Crippen LogP contribution in [0.1, 0.15) is 56.9 Å². The molecule has 0 aliphatic heterocycles. The Morgan fingerprint density at radius 3 is 2.43 bits per heavy atom. The maximum Gasteiger partial charge on any atom is 0.227 e. The summed E-state index contributed by atoms with van der Waals surface area (Å²) in [5, 5.41) is 6.62. The Morgan fingerprint density at radius 1 is 1.10 bits per heavy atom. The van der Waals surface area contributed by atoms with Gasteiger partial charge >= 0.3 is 0 Å². The van der Waals surface area contributed by atoms with Crippen molar-refractivity contribution in [2.45, 2.75) is 57.4 Å². The Bertz CT molecular complexity index is 410. The topological polar surface area (TPSA) is 41.1 Å². The highest BCUT2D eigenvalue weighted by molar-refractivity contribution is 5.83. The lowest BCUT2D eigenvalue weighted by molar-refractivity contribution is -0.122. The standard InChI is InChI=1S/C18H28N2O/c1-15(16-9-5-4-6-10-16)18(21)20-14-13-19-17-11-7-2-3-8-12-17/h4-6,9-10,15,17,19H,2-3,7-8,11-14H2,1H3,(H,20,21). The van der Waals surface area contributed by atoms with Gasteiger partial charge in [-0.15, -0.1) is 0 Å². The third kappa shape index (κ3) is 5.50. The Hall–Kier alpha value is -1.35. The van der Waals surface area contributed by atoms with Crippen LogP contribution < -0.4 is 10.6 Å². The molecule has 1 atom stereocenters. The van der Waals surface area contributed by atoms with Gasteiger partial charge in [0.25, 0.3) is 0 Å². The van der Waals surface area contributed by atoms with Crippen LogP contribution in [0.4, 0.5) is 0 Å². The molecule has 1 aliphatic rings. The van der Waals surface area contributed by atoms with Crippen LogP contribution in [0, 0.1) is 0 Å². The van der Waals surface area contributed by atoms with Crippen molar-refractivity contribution in [2.24, 2.45) is 0 Å². The van der Waals surface area contributed by atoms with Gasteiger partial charge in [0.15, 0.2) is 0 Å². The van der Waals surface area contributed by atoms with E-state index in [1.54, 1.807) is 0 Å². The molecule has 1 unspecified atom stereocenters. The van der Waals surface area contributed by atoms with E-state index in [0.717, 1.165) is 12.1 Å². The first kappa shape index (κ1) is 16.0. The van der Waals surface area contributed by atoms with Gasteiger partial charge in [-0.3, -0.25) is 4.79 Å². The van der Waals surface area contributed by atoms with E-state index < -0.39 is 0 Å². The van der Waals surface area contributed by atoms with Crippen molar-refractivity contribution in [3.05, 3.63) is 35.9 Å². The second-order valence-corrected chi connectivity index (χ2v) is 6.07. The fourth-order valence-electron chi connectivity index (χ4n) is 2.99. The summed E-state index contributed by atoms with van der Waals surface area (Å²) >= 11 is 0. The molecule has 1 amide bonds. The van der Waals surface area contributed by atoms with E-state index in [2.05, 4.69) is 10.6 Å². The van der Waals surface area contributed by atoms with Gasteiger partial charge in [-0.05, 0) is 25.3 Å². The summed E-state index contributed by atoms with van der Waals surface area (Å²) in [6.45, 7) is 3.55. The number of carbonyl (C=O) groups is 1. The van der Waals surface area contributed by atoms with E-state index in [9.17, 15) is 4.79 Å². The Labute approximate surface area is 128 Å². The van der Waals surface area contributed by atoms with Crippen molar-refractivity contribution in [2.75, 3.05) is 13.1 Å². The minimum atomic E-state index is -0.0796. The predicted octanol–water partition coefficient (Wildman–Crippen LogP) is 3.22. The van der Waals surface area contributed by atoms with Crippen molar-refractivity contribution in [1.29, 1.82) is 0 Å². The van der Waals surface area contributed by atoms with Gasteiger partial charge in [0.05, 0.1) is 5.92 Å². The van der Waals surface area contributed by atoms with Gasteiger partial charge in [0.2, 0.25) is 5.91 Å². The van der Waals surface area contributed by atoms with E-state index in [-0.39, 0.29) is 11.8 Å². The van der Waals surface area contributed by atoms with Crippen LogP contribution in [-0.4, -0.2) is 25.0 Å². The molecule has 0 radical (unpaired) electrons. The quantitative estimate of drug-likeness (QED) is 0.623. The number of amides is 1. The van der Waals surface area contributed by atoms with Crippen molar-refractivity contribution in [3.8, 4) is 0 Å². The van der Waals surface area contributed by atoms with Gasteiger partial charge in [0.1, 0.15) is 0 Å². The van der Waals surface area contributed by atoms with Gasteiger partial charge in [0, 0.05) is 19.1 Å². The van der Waals surface area contributed by atoms with Gasteiger partial charge < -0.3 is 10.6 Å². The molecule has 0 bridgehead atoms. The van der Waals surface area contributed by atoms with E-state index in [4.69, 9.17) is 0 Å². The van der Waals surface area contributed by atoms with Crippen molar-refractivity contribution in [3.63, 3.8) is 0 Å². The van der Waals surface area contributed by atoms with Crippen LogP contribution in [0.3, 0.4) is 0 Å². The van der Waals surface area contributed by atoms with E-state index >= 15 is 0 Å². The average molecular weight is 288 g/mol. The van der Waals surface area contributed by atoms with Crippen LogP contribution in [0.2, 0.25) is 0 Å². The molecule has 3 nitrogen and oxygen atoms in total. The zero-order valence-electron chi connectivity index (χ0n) is 13.1. The Morgan fingerprint density at radius 2 is 1.76 bits per heavy atom. The lowest BCUT2D eigenvalue weighted by Gasteiger charge is -2.17. The van der Waals surface area contributed by atoms with E-state index in [1.165, 1.54) is 38.5 Å². The van der Waals surface area contributed by atoms with E-state index in [0.29, 0.717) is 12.6 Å². The first-order valence-electron chi connectivity index (χ1n) is 8.33. The summed E-state index contributed by atoms with van der Waals surface area (Å²) < 4.78 is 0. The van der Waals surface area contributed by atoms with Crippen LogP contribution in [0.15, 0.2) is 30.3 Å². The molecule has 116 valence electrons. The molecule has 2 rings (SSSR count). The molecular weight excluding hydrogens is 260 g/mol. The summed E-state index contributed by atoms with van der Waals surface area (Å²) in [4.78, 5) is 12.1. The number of hydrogen-bond acceptors (Lipinski definition) is 2. The number of carbonyl (C=O) groups excluding carboxylic acids is 1. The first-order valence-corrected chi connectivity index (χ1v) is 8.33. The highest BCUT2D eigenvalue weighted by atomic mass is 16.1. The fraction of sp³-hybridized carbons (Fsp3) is 0.611. The molecule has 0 saturated heterocycles. The van der Waals surface area contributed by atoms with Crippen LogP contribution in [-0.2, 0) is 4.79 Å². The molecule has 1 aliphatic carbocycles. The zero-order chi connectivity index (χ0) is 14.9. The Balaban J connectivity index is 1.65. The maximum absolute atomic E-state index is 12.1. The third-order valence-corrected chi connectivity index (χ3v) is 4.41. The molecule has 21 heavy (non-hydrogen) atoms. The Kier molecular flexibility index (Phi) is 6.74. The lowest BCUT2D eigenvalue weighted by atomic mass is 10.0. The van der Waals surface area contributed by atoms with Crippen LogP contribution >= 0.6 is 0 Å². The normalized spacial score (nSPS) is 18.0. The molecule has 0 heterocycles. The highest BCUT2D eigenvalue weighted by Gasteiger charge is 2.14. The van der Waals surface area contributed by atoms with Gasteiger partial charge in [-0.1, -0.05) is 56.0 Å². The minimum Gasteiger partial charge on any atom is -0.354 e. The van der Waals surface area contributed by atoms with Gasteiger partial charge in [-0.25, -0.2) is 0 Å². The molecule has 1 aromatic rings. The molecule has 0 spiro atoms. The van der Waals surface area contributed by atoms with E-state index in [1.807, 2.05) is 37.3 Å². The summed E-state index contributed by atoms with van der Waals surface area (Å²) in [5.41, 5.74) is 1.08. The number of rotatable bonds is 6. The molecule has 1 fully saturated rings. The van der Waals surface area contributed by atoms with Crippen molar-refractivity contribution in [1.82, 2.24) is 10.6 Å². The second-order valence-electron chi connectivity index (χ2n) is 6.07. The molecule has 2 N–H and O–H groups in total. The van der Waals surface area contributed by atoms with Crippen molar-refractivity contribution < 1.29 is 4.79 Å². The number of benzene rings is 1. The molecule has 0 aromatic heterocycles. The number of nitrogens with one attached hydrogen (secondary N) is 2. The average Bonchev–Trinajstić information content (AvgIpc) is 2.80. The SMILES string of the molecule is CC(C(=O)NCCNC1CCCCCC1)c1ccccc1. The zero-order valence-corrected chi connectivity index (χ0v) is 13.1.